The highest BCUT2D eigenvalue weighted by molar-refractivity contribution is 5.97. The Labute approximate surface area is 356 Å². The maximum absolute atomic E-state index is 12.9. The summed E-state index contributed by atoms with van der Waals surface area (Å²) >= 11 is 0. The summed E-state index contributed by atoms with van der Waals surface area (Å²) in [5, 5.41) is 10.6. The number of benzene rings is 2. The molecule has 2 heterocycles. The van der Waals surface area contributed by atoms with E-state index in [1.807, 2.05) is 65.8 Å². The number of hydrogen-bond donors (Lipinski definition) is 4. The number of rotatable bonds is 20. The van der Waals surface area contributed by atoms with Crippen LogP contribution in [-0.4, -0.2) is 116 Å². The van der Waals surface area contributed by atoms with Crippen molar-refractivity contribution in [2.45, 2.75) is 125 Å². The van der Waals surface area contributed by atoms with E-state index in [0.29, 0.717) is 25.9 Å². The summed E-state index contributed by atoms with van der Waals surface area (Å²) in [5.74, 6) is -1.54. The van der Waals surface area contributed by atoms with E-state index in [1.54, 1.807) is 6.92 Å². The molecule has 3 atom stereocenters. The minimum Gasteiger partial charge on any atom is -0.361 e. The van der Waals surface area contributed by atoms with Gasteiger partial charge in [0.15, 0.2) is 5.78 Å². The van der Waals surface area contributed by atoms with E-state index in [9.17, 15) is 24.0 Å². The SMILES string of the molecule is CC.CC(C)CC(NC(=O)CNC(=O)[C@H](CC(C)C)NC(=O)CNC(=O)CCCCCN1CCN(C)CC1)C(=O)C1(C)CO1.CCc1ccccc1.Cc1ccccc1. The van der Waals surface area contributed by atoms with Gasteiger partial charge >= 0.3 is 0 Å². The van der Waals surface area contributed by atoms with Crippen molar-refractivity contribution in [1.82, 2.24) is 31.1 Å². The number of likely N-dealkylation sites (N-methyl/N-ethyl adjacent to an activating group) is 1. The predicted octanol–water partition coefficient (Wildman–Crippen LogP) is 5.72. The molecule has 4 N–H and O–H groups in total. The van der Waals surface area contributed by atoms with Crippen LogP contribution in [-0.2, 0) is 35.1 Å². The van der Waals surface area contributed by atoms with Gasteiger partial charge < -0.3 is 35.8 Å². The number of Topliss-reactive ketones (excluding diaryl/α,β-unsaturated/α-hetero) is 1. The third-order valence-corrected chi connectivity index (χ3v) is 9.85. The van der Waals surface area contributed by atoms with Crippen molar-refractivity contribution in [2.24, 2.45) is 11.8 Å². The van der Waals surface area contributed by atoms with Gasteiger partial charge in [-0.15, -0.1) is 0 Å². The van der Waals surface area contributed by atoms with Crippen molar-refractivity contribution < 1.29 is 28.7 Å². The standard InChI is InChI=1S/C30H54N6O6.C8H10.C7H8.C2H6/c1-21(2)16-23(28(40)30(5)20-42-30)33-27(39)19-32-29(41)24(17-22(3)4)34-26(38)18-31-25(37)10-8-7-9-11-36-14-12-35(6)13-15-36;1-2-8-6-4-3-5-7-8;1-7-5-3-2-4-6-7;1-2/h21-24H,7-20H2,1-6H3,(H,31,37)(H,32,41)(H,33,39)(H,34,38);3-7H,2H2,1H3;2-6H,1H3;1-2H3/t23?,24-,30?;;;/m0.../s1. The van der Waals surface area contributed by atoms with Gasteiger partial charge in [-0.1, -0.05) is 121 Å². The third kappa shape index (κ3) is 24.5. The number of piperazine rings is 1. The van der Waals surface area contributed by atoms with Gasteiger partial charge in [0.05, 0.1) is 25.7 Å². The predicted molar refractivity (Wildman–Crippen MR) is 239 cm³/mol. The fourth-order valence-electron chi connectivity index (χ4n) is 6.19. The molecule has 332 valence electrons. The van der Waals surface area contributed by atoms with Gasteiger partial charge in [0, 0.05) is 32.6 Å². The molecular weight excluding hydrogens is 745 g/mol. The molecule has 2 aromatic carbocycles. The average molecular weight is 823 g/mol. The third-order valence-electron chi connectivity index (χ3n) is 9.85. The molecule has 0 aromatic heterocycles. The van der Waals surface area contributed by atoms with E-state index < -0.39 is 35.4 Å². The van der Waals surface area contributed by atoms with Crippen LogP contribution < -0.4 is 21.3 Å². The van der Waals surface area contributed by atoms with E-state index in [2.05, 4.69) is 88.4 Å². The molecule has 2 unspecified atom stereocenters. The van der Waals surface area contributed by atoms with Crippen molar-refractivity contribution in [3.05, 3.63) is 71.8 Å². The van der Waals surface area contributed by atoms with E-state index in [4.69, 9.17) is 4.74 Å². The number of ketones is 1. The number of amides is 4. The minimum absolute atomic E-state index is 0.0997. The molecule has 12 nitrogen and oxygen atoms in total. The Morgan fingerprint density at radius 1 is 0.712 bits per heavy atom. The number of carbonyl (C=O) groups is 5. The van der Waals surface area contributed by atoms with Gasteiger partial charge in [-0.2, -0.15) is 0 Å². The lowest BCUT2D eigenvalue weighted by Crippen LogP contribution is -2.53. The number of ether oxygens (including phenoxy) is 1. The zero-order valence-corrected chi connectivity index (χ0v) is 38.0. The molecule has 0 saturated carbocycles. The largest absolute Gasteiger partial charge is 0.361 e. The van der Waals surface area contributed by atoms with Crippen molar-refractivity contribution in [3.63, 3.8) is 0 Å². The molecule has 0 spiro atoms. The van der Waals surface area contributed by atoms with Crippen LogP contribution in [0.25, 0.3) is 0 Å². The van der Waals surface area contributed by atoms with Crippen molar-refractivity contribution in [2.75, 3.05) is 59.5 Å². The fraction of sp³-hybridized carbons (Fsp3) is 0.638. The molecule has 0 bridgehead atoms. The van der Waals surface area contributed by atoms with Crippen LogP contribution in [0, 0.1) is 18.8 Å². The first-order valence-corrected chi connectivity index (χ1v) is 21.9. The normalized spacial score (nSPS) is 17.0. The quantitative estimate of drug-likeness (QED) is 0.0979. The highest BCUT2D eigenvalue weighted by Gasteiger charge is 2.50. The van der Waals surface area contributed by atoms with Gasteiger partial charge in [-0.25, -0.2) is 0 Å². The fourth-order valence-corrected chi connectivity index (χ4v) is 6.19. The molecule has 4 amide bonds. The first-order chi connectivity index (χ1) is 28.1. The van der Waals surface area contributed by atoms with E-state index >= 15 is 0 Å². The average Bonchev–Trinajstić information content (AvgIpc) is 3.98. The molecule has 2 saturated heterocycles. The molecular formula is C47H78N6O6. The zero-order chi connectivity index (χ0) is 44.2. The van der Waals surface area contributed by atoms with Gasteiger partial charge in [-0.3, -0.25) is 24.0 Å². The number of hydrogen-bond acceptors (Lipinski definition) is 8. The van der Waals surface area contributed by atoms with Gasteiger partial charge in [0.1, 0.15) is 11.6 Å². The van der Waals surface area contributed by atoms with Crippen LogP contribution in [0.1, 0.15) is 105 Å². The number of unbranched alkanes of at least 4 members (excludes halogenated alkanes) is 2. The Kier molecular flexibility index (Phi) is 26.9. The van der Waals surface area contributed by atoms with Gasteiger partial charge in [0.25, 0.3) is 0 Å². The molecule has 2 fully saturated rings. The van der Waals surface area contributed by atoms with Crippen LogP contribution in [0.4, 0.5) is 0 Å². The zero-order valence-electron chi connectivity index (χ0n) is 38.0. The highest BCUT2D eigenvalue weighted by atomic mass is 16.6. The van der Waals surface area contributed by atoms with E-state index in [1.165, 1.54) is 11.1 Å². The lowest BCUT2D eigenvalue weighted by Gasteiger charge is -2.32. The maximum Gasteiger partial charge on any atom is 0.243 e. The van der Waals surface area contributed by atoms with E-state index in [-0.39, 0.29) is 36.6 Å². The number of carbonyl (C=O) groups excluding carboxylic acids is 5. The van der Waals surface area contributed by atoms with Crippen molar-refractivity contribution in [3.8, 4) is 0 Å². The highest BCUT2D eigenvalue weighted by Crippen LogP contribution is 2.29. The van der Waals surface area contributed by atoms with E-state index in [0.717, 1.165) is 58.4 Å². The number of aryl methyl sites for hydroxylation is 2. The Morgan fingerprint density at radius 3 is 1.69 bits per heavy atom. The van der Waals surface area contributed by atoms with Crippen LogP contribution >= 0.6 is 0 Å². The molecule has 2 aromatic rings. The molecule has 59 heavy (non-hydrogen) atoms. The molecule has 12 heteroatoms. The number of nitrogens with zero attached hydrogens (tertiary/aromatic N) is 2. The second-order valence-electron chi connectivity index (χ2n) is 16.3. The molecule has 2 aliphatic heterocycles. The Morgan fingerprint density at radius 2 is 1.22 bits per heavy atom. The smallest absolute Gasteiger partial charge is 0.243 e. The summed E-state index contributed by atoms with van der Waals surface area (Å²) in [6.45, 7) is 22.9. The van der Waals surface area contributed by atoms with Crippen LogP contribution in [0.5, 0.6) is 0 Å². The second-order valence-corrected chi connectivity index (χ2v) is 16.3. The molecule has 4 rings (SSSR count). The summed E-state index contributed by atoms with van der Waals surface area (Å²) in [6, 6.07) is 19.2. The van der Waals surface area contributed by atoms with Crippen LogP contribution in [0.15, 0.2) is 60.7 Å². The molecule has 0 radical (unpaired) electrons. The molecule has 2 aliphatic rings. The minimum atomic E-state index is -0.858. The summed E-state index contributed by atoms with van der Waals surface area (Å²) in [6.07, 6.45) is 5.08. The first kappa shape index (κ1) is 52.9. The van der Waals surface area contributed by atoms with Gasteiger partial charge in [0.2, 0.25) is 23.6 Å². The Bertz CT molecular complexity index is 1480. The van der Waals surface area contributed by atoms with Crippen molar-refractivity contribution >= 4 is 29.4 Å². The van der Waals surface area contributed by atoms with Crippen LogP contribution in [0.3, 0.4) is 0 Å². The monoisotopic (exact) mass is 823 g/mol. The maximum atomic E-state index is 12.9. The Balaban J connectivity index is 0.000000837. The number of nitrogens with one attached hydrogen (secondary N) is 4. The number of epoxide rings is 1. The first-order valence-electron chi connectivity index (χ1n) is 21.9. The summed E-state index contributed by atoms with van der Waals surface area (Å²) < 4.78 is 5.25. The molecule has 0 aliphatic carbocycles. The summed E-state index contributed by atoms with van der Waals surface area (Å²) in [7, 11) is 2.14. The summed E-state index contributed by atoms with van der Waals surface area (Å²) in [4.78, 5) is 67.8. The summed E-state index contributed by atoms with van der Waals surface area (Å²) in [5.41, 5.74) is 1.87. The lowest BCUT2D eigenvalue weighted by molar-refractivity contribution is -0.132. The Hall–Kier alpha value is -4.13. The van der Waals surface area contributed by atoms with Crippen LogP contribution in [0.2, 0.25) is 0 Å². The second kappa shape index (κ2) is 30.0. The van der Waals surface area contributed by atoms with Gasteiger partial charge in [-0.05, 0) is 76.9 Å². The van der Waals surface area contributed by atoms with Crippen molar-refractivity contribution in [1.29, 1.82) is 0 Å². The lowest BCUT2D eigenvalue weighted by atomic mass is 9.93. The topological polar surface area (TPSA) is 152 Å².